The predicted octanol–water partition coefficient (Wildman–Crippen LogP) is 1.25. The summed E-state index contributed by atoms with van der Waals surface area (Å²) >= 11 is 0. The first kappa shape index (κ1) is 13.8. The molecule has 3 unspecified atom stereocenters. The largest absolute Gasteiger partial charge is 0.347 e. The van der Waals surface area contributed by atoms with Crippen molar-refractivity contribution in [2.24, 2.45) is 5.92 Å². The van der Waals surface area contributed by atoms with Gasteiger partial charge in [0.05, 0.1) is 36.7 Å². The van der Waals surface area contributed by atoms with E-state index in [-0.39, 0.29) is 17.8 Å². The van der Waals surface area contributed by atoms with Crippen LogP contribution in [0.2, 0.25) is 0 Å². The number of ether oxygens (including phenoxy) is 2. The van der Waals surface area contributed by atoms with Gasteiger partial charge in [-0.2, -0.15) is 5.26 Å². The van der Waals surface area contributed by atoms with E-state index in [0.717, 1.165) is 12.8 Å². The maximum Gasteiger partial charge on any atom is 0.166 e. The molecule has 2 fully saturated rings. The van der Waals surface area contributed by atoms with Gasteiger partial charge in [-0.05, 0) is 25.7 Å². The number of sulfone groups is 1. The molecule has 5 nitrogen and oxygen atoms in total. The van der Waals surface area contributed by atoms with Gasteiger partial charge in [-0.25, -0.2) is 8.42 Å². The van der Waals surface area contributed by atoms with Crippen LogP contribution in [0.25, 0.3) is 0 Å². The second kappa shape index (κ2) is 5.16. The first-order valence-electron chi connectivity index (χ1n) is 6.32. The quantitative estimate of drug-likeness (QED) is 0.773. The van der Waals surface area contributed by atoms with E-state index < -0.39 is 15.6 Å². The van der Waals surface area contributed by atoms with Crippen molar-refractivity contribution in [2.45, 2.75) is 44.5 Å². The lowest BCUT2D eigenvalue weighted by atomic mass is 9.97. The van der Waals surface area contributed by atoms with Gasteiger partial charge in [0.2, 0.25) is 0 Å². The molecule has 0 radical (unpaired) electrons. The van der Waals surface area contributed by atoms with Crippen molar-refractivity contribution >= 4 is 9.84 Å². The number of nitrogens with zero attached hydrogens (tertiary/aromatic N) is 1. The summed E-state index contributed by atoms with van der Waals surface area (Å²) in [5.41, 5.74) is 0. The van der Waals surface area contributed by atoms with E-state index in [0.29, 0.717) is 25.2 Å². The van der Waals surface area contributed by atoms with Crippen molar-refractivity contribution in [1.82, 2.24) is 0 Å². The van der Waals surface area contributed by atoms with Crippen LogP contribution in [0.1, 0.15) is 32.6 Å². The lowest BCUT2D eigenvalue weighted by Crippen LogP contribution is -2.35. The molecule has 2 rings (SSSR count). The summed E-state index contributed by atoms with van der Waals surface area (Å²) in [5.74, 6) is -0.0782. The smallest absolute Gasteiger partial charge is 0.166 e. The summed E-state index contributed by atoms with van der Waals surface area (Å²) < 4.78 is 34.5. The molecule has 3 atom stereocenters. The van der Waals surface area contributed by atoms with Crippen LogP contribution in [0.3, 0.4) is 0 Å². The van der Waals surface area contributed by atoms with Crippen LogP contribution >= 0.6 is 0 Å². The average molecular weight is 273 g/mol. The van der Waals surface area contributed by atoms with Crippen LogP contribution in [-0.4, -0.2) is 38.4 Å². The van der Waals surface area contributed by atoms with Crippen molar-refractivity contribution in [2.75, 3.05) is 18.1 Å². The maximum absolute atomic E-state index is 11.6. The minimum atomic E-state index is -2.89. The average Bonchev–Trinajstić information content (AvgIpc) is 2.59. The Hall–Kier alpha value is -0.640. The molecule has 18 heavy (non-hydrogen) atoms. The SMILES string of the molecule is CC1(CC2CCCS(=O)(=O)C2)OCC(CC#N)O1. The predicted molar refractivity (Wildman–Crippen MR) is 65.5 cm³/mol. The van der Waals surface area contributed by atoms with Crippen molar-refractivity contribution in [3.8, 4) is 6.07 Å². The topological polar surface area (TPSA) is 76.4 Å². The third-order valence-corrected chi connectivity index (χ3v) is 5.42. The van der Waals surface area contributed by atoms with E-state index in [2.05, 4.69) is 6.07 Å². The zero-order valence-corrected chi connectivity index (χ0v) is 11.4. The Labute approximate surface area is 108 Å². The fourth-order valence-corrected chi connectivity index (χ4v) is 4.58. The molecule has 0 aromatic heterocycles. The first-order chi connectivity index (χ1) is 8.42. The second-order valence-electron chi connectivity index (χ2n) is 5.37. The van der Waals surface area contributed by atoms with Crippen molar-refractivity contribution in [3.05, 3.63) is 0 Å². The molecule has 0 bridgehead atoms. The van der Waals surface area contributed by atoms with Crippen molar-refractivity contribution < 1.29 is 17.9 Å². The summed E-state index contributed by atoms with van der Waals surface area (Å²) in [7, 11) is -2.89. The van der Waals surface area contributed by atoms with Gasteiger partial charge in [-0.3, -0.25) is 0 Å². The molecule has 2 aliphatic heterocycles. The zero-order valence-electron chi connectivity index (χ0n) is 10.6. The van der Waals surface area contributed by atoms with E-state index >= 15 is 0 Å². The molecule has 6 heteroatoms. The highest BCUT2D eigenvalue weighted by atomic mass is 32.2. The Morgan fingerprint density at radius 1 is 1.50 bits per heavy atom. The molecule has 2 saturated heterocycles. The van der Waals surface area contributed by atoms with Crippen LogP contribution in [0.15, 0.2) is 0 Å². The summed E-state index contributed by atoms with van der Waals surface area (Å²) in [6, 6.07) is 2.06. The minimum Gasteiger partial charge on any atom is -0.347 e. The molecule has 0 spiro atoms. The number of nitriles is 1. The summed E-state index contributed by atoms with van der Waals surface area (Å²) in [6.45, 7) is 2.26. The lowest BCUT2D eigenvalue weighted by molar-refractivity contribution is -0.164. The Morgan fingerprint density at radius 2 is 2.28 bits per heavy atom. The van der Waals surface area contributed by atoms with E-state index in [1.807, 2.05) is 6.92 Å². The Morgan fingerprint density at radius 3 is 2.94 bits per heavy atom. The lowest BCUT2D eigenvalue weighted by Gasteiger charge is -2.30. The molecule has 0 aromatic carbocycles. The van der Waals surface area contributed by atoms with E-state index in [4.69, 9.17) is 14.7 Å². The molecule has 0 saturated carbocycles. The fourth-order valence-electron chi connectivity index (χ4n) is 2.80. The summed E-state index contributed by atoms with van der Waals surface area (Å²) in [5, 5.41) is 8.62. The third-order valence-electron chi connectivity index (χ3n) is 3.53. The third kappa shape index (κ3) is 3.44. The van der Waals surface area contributed by atoms with Gasteiger partial charge < -0.3 is 9.47 Å². The van der Waals surface area contributed by atoms with Crippen molar-refractivity contribution in [1.29, 1.82) is 5.26 Å². The molecule has 0 aromatic rings. The molecule has 0 aliphatic carbocycles. The van der Waals surface area contributed by atoms with Crippen molar-refractivity contribution in [3.63, 3.8) is 0 Å². The summed E-state index contributed by atoms with van der Waals surface area (Å²) in [6.07, 6.45) is 2.36. The summed E-state index contributed by atoms with van der Waals surface area (Å²) in [4.78, 5) is 0. The highest BCUT2D eigenvalue weighted by Gasteiger charge is 2.40. The Kier molecular flexibility index (Phi) is 3.95. The van der Waals surface area contributed by atoms with Gasteiger partial charge in [0, 0.05) is 6.42 Å². The molecular weight excluding hydrogens is 254 g/mol. The molecule has 0 N–H and O–H groups in total. The Bertz CT molecular complexity index is 441. The van der Waals surface area contributed by atoms with Crippen LogP contribution < -0.4 is 0 Å². The van der Waals surface area contributed by atoms with Gasteiger partial charge in [0.1, 0.15) is 0 Å². The fraction of sp³-hybridized carbons (Fsp3) is 0.917. The molecular formula is C12H19NO4S. The van der Waals surface area contributed by atoms with Crippen LogP contribution in [0.4, 0.5) is 0 Å². The van der Waals surface area contributed by atoms with E-state index in [9.17, 15) is 8.42 Å². The van der Waals surface area contributed by atoms with E-state index in [1.165, 1.54) is 0 Å². The number of hydrogen-bond acceptors (Lipinski definition) is 5. The molecule has 2 aliphatic rings. The minimum absolute atomic E-state index is 0.106. The number of rotatable bonds is 3. The van der Waals surface area contributed by atoms with Gasteiger partial charge in [0.15, 0.2) is 15.6 Å². The van der Waals surface area contributed by atoms with Gasteiger partial charge >= 0.3 is 0 Å². The Balaban J connectivity index is 1.91. The highest BCUT2D eigenvalue weighted by molar-refractivity contribution is 7.91. The highest BCUT2D eigenvalue weighted by Crippen LogP contribution is 2.34. The van der Waals surface area contributed by atoms with Crippen LogP contribution in [-0.2, 0) is 19.3 Å². The molecule has 0 amide bonds. The standard InChI is InChI=1S/C12H19NO4S/c1-12(16-8-11(17-12)4-5-13)7-10-3-2-6-18(14,15)9-10/h10-11H,2-4,6-9H2,1H3. The second-order valence-corrected chi connectivity index (χ2v) is 7.60. The molecule has 2 heterocycles. The van der Waals surface area contributed by atoms with Gasteiger partial charge in [0.25, 0.3) is 0 Å². The number of hydrogen-bond donors (Lipinski definition) is 0. The monoisotopic (exact) mass is 273 g/mol. The molecule has 102 valence electrons. The first-order valence-corrected chi connectivity index (χ1v) is 8.14. The maximum atomic E-state index is 11.6. The van der Waals surface area contributed by atoms with Crippen LogP contribution in [0, 0.1) is 17.2 Å². The normalized spacial score (nSPS) is 39.3. The van der Waals surface area contributed by atoms with E-state index in [1.54, 1.807) is 0 Å². The van der Waals surface area contributed by atoms with Gasteiger partial charge in [-0.1, -0.05) is 0 Å². The van der Waals surface area contributed by atoms with Crippen LogP contribution in [0.5, 0.6) is 0 Å². The zero-order chi connectivity index (χ0) is 13.2. The van der Waals surface area contributed by atoms with Gasteiger partial charge in [-0.15, -0.1) is 0 Å².